The molecule has 0 radical (unpaired) electrons. The van der Waals surface area contributed by atoms with E-state index in [-0.39, 0.29) is 28.5 Å². The number of piperazine rings is 1. The molecule has 2 amide bonds. The van der Waals surface area contributed by atoms with Gasteiger partial charge in [0.05, 0.1) is 24.0 Å². The van der Waals surface area contributed by atoms with E-state index in [2.05, 4.69) is 35.7 Å². The molecule has 4 saturated carbocycles. The van der Waals surface area contributed by atoms with Crippen molar-refractivity contribution in [2.24, 2.45) is 28.9 Å². The largest absolute Gasteiger partial charge is 0.494 e. The quantitative estimate of drug-likeness (QED) is 0.230. The Labute approximate surface area is 289 Å². The van der Waals surface area contributed by atoms with Crippen molar-refractivity contribution in [3.05, 3.63) is 59.3 Å². The number of methoxy groups -OCH3 is 1. The van der Waals surface area contributed by atoms with Gasteiger partial charge in [0.25, 0.3) is 5.91 Å². The summed E-state index contributed by atoms with van der Waals surface area (Å²) in [6, 6.07) is 11.0. The Morgan fingerprint density at radius 1 is 1.02 bits per heavy atom. The summed E-state index contributed by atoms with van der Waals surface area (Å²) in [4.78, 5) is 38.0. The third kappa shape index (κ3) is 6.18. The zero-order chi connectivity index (χ0) is 35.4. The number of halogens is 3. The van der Waals surface area contributed by atoms with Crippen LogP contribution in [0.3, 0.4) is 0 Å². The Balaban J connectivity index is 1.06. The van der Waals surface area contributed by atoms with Crippen molar-refractivity contribution in [2.75, 3.05) is 55.9 Å². The number of alkyl halides is 3. The van der Waals surface area contributed by atoms with Crippen molar-refractivity contribution in [3.8, 4) is 5.75 Å². The zero-order valence-electron chi connectivity index (χ0n) is 28.4. The van der Waals surface area contributed by atoms with Crippen LogP contribution in [0.15, 0.2) is 42.6 Å². The molecule has 1 aromatic heterocycles. The highest BCUT2D eigenvalue weighted by molar-refractivity contribution is 6.01. The Bertz CT molecular complexity index is 1780. The van der Waals surface area contributed by atoms with E-state index in [1.807, 2.05) is 12.1 Å². The number of benzene rings is 2. The second kappa shape index (κ2) is 12.9. The van der Waals surface area contributed by atoms with Gasteiger partial charge in [-0.15, -0.1) is 0 Å². The number of ether oxygens (including phenoxy) is 1. The van der Waals surface area contributed by atoms with Gasteiger partial charge in [0, 0.05) is 62.6 Å². The maximum absolute atomic E-state index is 14.1. The molecule has 1 saturated heterocycles. The molecule has 1 aliphatic heterocycles. The molecule has 4 bridgehead atoms. The van der Waals surface area contributed by atoms with Crippen molar-refractivity contribution in [2.45, 2.75) is 51.2 Å². The number of primary amides is 1. The molecule has 2 unspecified atom stereocenters. The molecule has 4 aliphatic carbocycles. The van der Waals surface area contributed by atoms with E-state index in [0.29, 0.717) is 47.0 Å². The number of aryl methyl sites for hydroxylation is 1. The van der Waals surface area contributed by atoms with Crippen LogP contribution >= 0.6 is 0 Å². The molecule has 0 spiro atoms. The third-order valence-corrected chi connectivity index (χ3v) is 11.4. The van der Waals surface area contributed by atoms with Gasteiger partial charge in [0.15, 0.2) is 0 Å². The second-order valence-corrected chi connectivity index (χ2v) is 14.3. The molecule has 3 aromatic rings. The minimum absolute atomic E-state index is 0.0796. The topological polar surface area (TPSA) is 138 Å². The monoisotopic (exact) mass is 692 g/mol. The number of para-hydroxylation sites is 1. The molecule has 50 heavy (non-hydrogen) atoms. The highest BCUT2D eigenvalue weighted by atomic mass is 19.4. The third-order valence-electron chi connectivity index (χ3n) is 11.4. The average Bonchev–Trinajstić information content (AvgIpc) is 3.08. The number of anilines is 5. The van der Waals surface area contributed by atoms with Crippen LogP contribution in [0.2, 0.25) is 0 Å². The number of amides is 2. The molecule has 11 nitrogen and oxygen atoms in total. The fourth-order valence-electron chi connectivity index (χ4n) is 9.29. The summed E-state index contributed by atoms with van der Waals surface area (Å²) in [7, 11) is 2.99. The summed E-state index contributed by atoms with van der Waals surface area (Å²) in [6.07, 6.45) is 1.19. The molecule has 5 fully saturated rings. The fourth-order valence-corrected chi connectivity index (χ4v) is 9.29. The number of aromatic nitrogens is 2. The summed E-state index contributed by atoms with van der Waals surface area (Å²) in [5, 5.41) is 8.29. The molecule has 2 atom stereocenters. The molecule has 14 heteroatoms. The first-order chi connectivity index (χ1) is 23.9. The lowest BCUT2D eigenvalue weighted by Crippen LogP contribution is -2.64. The van der Waals surface area contributed by atoms with E-state index < -0.39 is 23.5 Å². The van der Waals surface area contributed by atoms with E-state index in [1.165, 1.54) is 33.1 Å². The highest BCUT2D eigenvalue weighted by Gasteiger charge is 2.59. The van der Waals surface area contributed by atoms with E-state index in [9.17, 15) is 22.8 Å². The first-order valence-corrected chi connectivity index (χ1v) is 17.2. The van der Waals surface area contributed by atoms with Gasteiger partial charge in [-0.2, -0.15) is 18.2 Å². The molecule has 2 aromatic carbocycles. The summed E-state index contributed by atoms with van der Waals surface area (Å²) < 4.78 is 47.9. The summed E-state index contributed by atoms with van der Waals surface area (Å²) in [5.74, 6) is 1.05. The number of hydrogen-bond acceptors (Lipinski definition) is 9. The lowest BCUT2D eigenvalue weighted by atomic mass is 9.47. The summed E-state index contributed by atoms with van der Waals surface area (Å²) in [5.41, 5.74) is 6.98. The van der Waals surface area contributed by atoms with Crippen molar-refractivity contribution in [1.29, 1.82) is 0 Å². The van der Waals surface area contributed by atoms with Crippen molar-refractivity contribution in [3.63, 3.8) is 0 Å². The number of carbonyl (C=O) groups is 2. The predicted octanol–water partition coefficient (Wildman–Crippen LogP) is 5.46. The van der Waals surface area contributed by atoms with Crippen molar-refractivity contribution < 1.29 is 27.5 Å². The maximum Gasteiger partial charge on any atom is 0.421 e. The smallest absolute Gasteiger partial charge is 0.421 e. The van der Waals surface area contributed by atoms with Crippen LogP contribution in [0.25, 0.3) is 0 Å². The van der Waals surface area contributed by atoms with Crippen LogP contribution in [0.4, 0.5) is 42.0 Å². The van der Waals surface area contributed by atoms with Crippen molar-refractivity contribution >= 4 is 40.6 Å². The Morgan fingerprint density at radius 2 is 1.74 bits per heavy atom. The average molecular weight is 693 g/mol. The number of rotatable bonds is 9. The van der Waals surface area contributed by atoms with Crippen LogP contribution < -0.4 is 31.3 Å². The normalized spacial score (nSPS) is 26.1. The van der Waals surface area contributed by atoms with Crippen LogP contribution in [-0.4, -0.2) is 73.1 Å². The number of nitrogens with zero attached hydrogens (tertiary/aromatic N) is 4. The number of hydrogen-bond donors (Lipinski definition) is 4. The van der Waals surface area contributed by atoms with E-state index in [0.717, 1.165) is 51.1 Å². The predicted molar refractivity (Wildman–Crippen MR) is 184 cm³/mol. The Kier molecular flexibility index (Phi) is 8.77. The molecular formula is C36H43F3N8O3. The number of nitrogens with two attached hydrogens (primary N) is 1. The van der Waals surface area contributed by atoms with Gasteiger partial charge in [-0.3, -0.25) is 14.5 Å². The lowest BCUT2D eigenvalue weighted by Gasteiger charge is -2.61. The minimum atomic E-state index is -4.75. The molecule has 5 N–H and O–H groups in total. The van der Waals surface area contributed by atoms with Gasteiger partial charge in [-0.1, -0.05) is 12.1 Å². The lowest BCUT2D eigenvalue weighted by molar-refractivity contribution is -0.153. The standard InChI is InChI=1S/C36H43F3N8O3/c1-20-5-4-6-25(32(48)41-2)29(20)44-31-26(36(37,38)39)19-42-34(45-31)43-27-8-7-24(15-28(27)50-3)46-9-11-47(12-10-46)30-22-13-21-14-23(30)18-35(16-21,17-22)33(40)49/h4-8,15,19,21-23,30H,9-14,16-18H2,1-3H3,(H2,40,49)(H,41,48)(H2,42,43,44,45). The van der Waals surface area contributed by atoms with Gasteiger partial charge < -0.3 is 31.3 Å². The Morgan fingerprint density at radius 3 is 2.38 bits per heavy atom. The van der Waals surface area contributed by atoms with Gasteiger partial charge in [0.1, 0.15) is 17.1 Å². The molecule has 2 heterocycles. The van der Waals surface area contributed by atoms with E-state index >= 15 is 0 Å². The first kappa shape index (κ1) is 33.9. The van der Waals surface area contributed by atoms with Crippen LogP contribution in [0.1, 0.15) is 53.6 Å². The molecule has 266 valence electrons. The SMILES string of the molecule is CNC(=O)c1cccc(C)c1Nc1nc(Nc2ccc(N3CCN(C4C5CC6CC4CC(C(N)=O)(C6)C5)CC3)cc2OC)ncc1C(F)(F)F. The minimum Gasteiger partial charge on any atom is -0.494 e. The highest BCUT2D eigenvalue weighted by Crippen LogP contribution is 2.61. The first-order valence-electron chi connectivity index (χ1n) is 17.2. The second-order valence-electron chi connectivity index (χ2n) is 14.3. The summed E-state index contributed by atoms with van der Waals surface area (Å²) >= 11 is 0. The van der Waals surface area contributed by atoms with Gasteiger partial charge in [0.2, 0.25) is 11.9 Å². The van der Waals surface area contributed by atoms with Gasteiger partial charge >= 0.3 is 6.18 Å². The van der Waals surface area contributed by atoms with E-state index in [1.54, 1.807) is 25.1 Å². The van der Waals surface area contributed by atoms with Gasteiger partial charge in [-0.25, -0.2) is 4.98 Å². The van der Waals surface area contributed by atoms with Gasteiger partial charge in [-0.05, 0) is 80.5 Å². The number of nitrogens with one attached hydrogen (secondary N) is 3. The fraction of sp³-hybridized carbons (Fsp3) is 0.500. The Hall–Kier alpha value is -4.59. The molecule has 5 aliphatic rings. The van der Waals surface area contributed by atoms with Crippen LogP contribution in [0.5, 0.6) is 5.75 Å². The van der Waals surface area contributed by atoms with Crippen LogP contribution in [0, 0.1) is 30.1 Å². The number of carbonyl (C=O) groups excluding carboxylic acids is 2. The van der Waals surface area contributed by atoms with Crippen molar-refractivity contribution in [1.82, 2.24) is 20.2 Å². The zero-order valence-corrected chi connectivity index (χ0v) is 28.4. The van der Waals surface area contributed by atoms with Crippen LogP contribution in [-0.2, 0) is 11.0 Å². The molecule has 8 rings (SSSR count). The van der Waals surface area contributed by atoms with E-state index in [4.69, 9.17) is 10.5 Å². The molecular weight excluding hydrogens is 649 g/mol. The maximum atomic E-state index is 14.1. The summed E-state index contributed by atoms with van der Waals surface area (Å²) in [6.45, 7) is 5.21.